The van der Waals surface area contributed by atoms with Gasteiger partial charge in [-0.05, 0) is 6.42 Å². The largest absolute Gasteiger partial charge is 0.386 e. The van der Waals surface area contributed by atoms with Gasteiger partial charge in [0.05, 0.1) is 12.3 Å². The number of nitrogens with two attached hydrogens (primary N) is 1. The van der Waals surface area contributed by atoms with E-state index in [1.54, 1.807) is 0 Å². The fraction of sp³-hybridized carbons (Fsp3) is 1.00. The zero-order valence-electron chi connectivity index (χ0n) is 7.23. The van der Waals surface area contributed by atoms with Crippen molar-refractivity contribution in [1.82, 2.24) is 0 Å². The van der Waals surface area contributed by atoms with Gasteiger partial charge in [-0.1, -0.05) is 6.92 Å². The van der Waals surface area contributed by atoms with Gasteiger partial charge in [0.15, 0.2) is 9.84 Å². The SMILES string of the molecule is CCC[NH2+][C@H]1CS(=O)(=O)C[C@H]1O. The van der Waals surface area contributed by atoms with Crippen LogP contribution >= 0.6 is 0 Å². The minimum atomic E-state index is -2.96. The molecule has 0 saturated carbocycles. The summed E-state index contributed by atoms with van der Waals surface area (Å²) < 4.78 is 22.1. The highest BCUT2D eigenvalue weighted by Gasteiger charge is 2.38. The number of hydrogen-bond donors (Lipinski definition) is 2. The minimum absolute atomic E-state index is 0.0577. The molecule has 12 heavy (non-hydrogen) atoms. The Hall–Kier alpha value is -0.130. The molecular formula is C7H16NO3S+. The summed E-state index contributed by atoms with van der Waals surface area (Å²) in [5.41, 5.74) is 0. The Labute approximate surface area is 72.9 Å². The third-order valence-corrected chi connectivity index (χ3v) is 3.87. The summed E-state index contributed by atoms with van der Waals surface area (Å²) in [6, 6.07) is -0.130. The molecule has 1 rings (SSSR count). The third-order valence-electron chi connectivity index (χ3n) is 2.12. The van der Waals surface area contributed by atoms with E-state index in [4.69, 9.17) is 0 Å². The van der Waals surface area contributed by atoms with Gasteiger partial charge in [0.2, 0.25) is 0 Å². The van der Waals surface area contributed by atoms with Crippen molar-refractivity contribution in [2.75, 3.05) is 18.1 Å². The fourth-order valence-corrected chi connectivity index (χ4v) is 3.31. The summed E-state index contributed by atoms with van der Waals surface area (Å²) in [7, 11) is -2.96. The van der Waals surface area contributed by atoms with Gasteiger partial charge in [0.1, 0.15) is 17.9 Å². The van der Waals surface area contributed by atoms with Crippen LogP contribution in [0.15, 0.2) is 0 Å². The summed E-state index contributed by atoms with van der Waals surface area (Å²) in [5, 5.41) is 11.3. The van der Waals surface area contributed by atoms with Crippen LogP contribution in [0.1, 0.15) is 13.3 Å². The van der Waals surface area contributed by atoms with E-state index in [0.29, 0.717) is 0 Å². The number of rotatable bonds is 3. The predicted octanol–water partition coefficient (Wildman–Crippen LogP) is -1.88. The monoisotopic (exact) mass is 194 g/mol. The quantitative estimate of drug-likeness (QED) is 0.552. The van der Waals surface area contributed by atoms with E-state index >= 15 is 0 Å². The van der Waals surface area contributed by atoms with Crippen LogP contribution in [0.5, 0.6) is 0 Å². The van der Waals surface area contributed by atoms with Crippen molar-refractivity contribution >= 4 is 9.84 Å². The molecule has 4 nitrogen and oxygen atoms in total. The normalized spacial score (nSPS) is 33.8. The lowest BCUT2D eigenvalue weighted by Crippen LogP contribution is -2.92. The maximum absolute atomic E-state index is 11.0. The third kappa shape index (κ3) is 2.43. The van der Waals surface area contributed by atoms with Crippen LogP contribution in [0.25, 0.3) is 0 Å². The molecule has 0 aliphatic carbocycles. The molecule has 3 N–H and O–H groups in total. The lowest BCUT2D eigenvalue weighted by atomic mass is 10.2. The smallest absolute Gasteiger partial charge is 0.159 e. The van der Waals surface area contributed by atoms with Crippen LogP contribution in [0.3, 0.4) is 0 Å². The Morgan fingerprint density at radius 1 is 1.50 bits per heavy atom. The molecule has 1 aliphatic rings. The van der Waals surface area contributed by atoms with Crippen LogP contribution in [0.2, 0.25) is 0 Å². The molecule has 1 aliphatic heterocycles. The first-order valence-corrected chi connectivity index (χ1v) is 6.09. The van der Waals surface area contributed by atoms with E-state index in [9.17, 15) is 13.5 Å². The van der Waals surface area contributed by atoms with Crippen LogP contribution in [0.4, 0.5) is 0 Å². The van der Waals surface area contributed by atoms with E-state index in [1.807, 2.05) is 12.2 Å². The summed E-state index contributed by atoms with van der Waals surface area (Å²) in [6.07, 6.45) is 0.338. The van der Waals surface area contributed by atoms with Gasteiger partial charge in [0.25, 0.3) is 0 Å². The molecule has 0 unspecified atom stereocenters. The Morgan fingerprint density at radius 3 is 2.58 bits per heavy atom. The van der Waals surface area contributed by atoms with Crippen molar-refractivity contribution < 1.29 is 18.8 Å². The number of sulfone groups is 1. The average molecular weight is 194 g/mol. The highest BCUT2D eigenvalue weighted by atomic mass is 32.2. The van der Waals surface area contributed by atoms with Crippen molar-refractivity contribution in [1.29, 1.82) is 0 Å². The molecule has 0 aromatic rings. The highest BCUT2D eigenvalue weighted by molar-refractivity contribution is 7.91. The van der Waals surface area contributed by atoms with Crippen LogP contribution in [-0.4, -0.2) is 43.7 Å². The number of quaternary nitrogens is 1. The molecule has 0 spiro atoms. The van der Waals surface area contributed by atoms with Crippen LogP contribution in [-0.2, 0) is 9.84 Å². The van der Waals surface area contributed by atoms with Crippen molar-refractivity contribution in [2.24, 2.45) is 0 Å². The minimum Gasteiger partial charge on any atom is -0.386 e. The lowest BCUT2D eigenvalue weighted by molar-refractivity contribution is -0.690. The molecule has 2 atom stereocenters. The van der Waals surface area contributed by atoms with Crippen molar-refractivity contribution in [3.05, 3.63) is 0 Å². The predicted molar refractivity (Wildman–Crippen MR) is 45.5 cm³/mol. The second kappa shape index (κ2) is 3.72. The molecule has 1 heterocycles. The zero-order valence-corrected chi connectivity index (χ0v) is 8.05. The van der Waals surface area contributed by atoms with E-state index in [0.717, 1.165) is 13.0 Å². The van der Waals surface area contributed by atoms with E-state index in [-0.39, 0.29) is 17.5 Å². The Morgan fingerprint density at radius 2 is 2.17 bits per heavy atom. The number of hydrogen-bond acceptors (Lipinski definition) is 3. The van der Waals surface area contributed by atoms with Gasteiger partial charge in [0, 0.05) is 0 Å². The first-order valence-electron chi connectivity index (χ1n) is 4.27. The van der Waals surface area contributed by atoms with Crippen molar-refractivity contribution in [2.45, 2.75) is 25.5 Å². The molecule has 0 bridgehead atoms. The molecule has 72 valence electrons. The Balaban J connectivity index is 2.47. The Bertz CT molecular complexity index is 237. The molecule has 1 fully saturated rings. The topological polar surface area (TPSA) is 71.0 Å². The van der Waals surface area contributed by atoms with Crippen LogP contribution < -0.4 is 5.32 Å². The second-order valence-corrected chi connectivity index (χ2v) is 5.49. The molecule has 0 aromatic carbocycles. The summed E-state index contributed by atoms with van der Waals surface area (Å²) in [4.78, 5) is 0. The molecule has 0 amide bonds. The number of aliphatic hydroxyl groups is 1. The second-order valence-electron chi connectivity index (χ2n) is 3.33. The summed E-state index contributed by atoms with van der Waals surface area (Å²) in [6.45, 7) is 2.92. The van der Waals surface area contributed by atoms with Crippen molar-refractivity contribution in [3.63, 3.8) is 0 Å². The van der Waals surface area contributed by atoms with Gasteiger partial charge in [-0.15, -0.1) is 0 Å². The van der Waals surface area contributed by atoms with Gasteiger partial charge >= 0.3 is 0 Å². The summed E-state index contributed by atoms with van der Waals surface area (Å²) >= 11 is 0. The molecular weight excluding hydrogens is 178 g/mol. The molecule has 5 heteroatoms. The molecule has 1 saturated heterocycles. The maximum atomic E-state index is 11.0. The number of aliphatic hydroxyl groups excluding tert-OH is 1. The van der Waals surface area contributed by atoms with Gasteiger partial charge in [-0.2, -0.15) is 0 Å². The van der Waals surface area contributed by atoms with Gasteiger partial charge in [-0.3, -0.25) is 0 Å². The van der Waals surface area contributed by atoms with Gasteiger partial charge in [-0.25, -0.2) is 8.42 Å². The average Bonchev–Trinajstić information content (AvgIpc) is 2.20. The highest BCUT2D eigenvalue weighted by Crippen LogP contribution is 2.08. The van der Waals surface area contributed by atoms with Gasteiger partial charge < -0.3 is 10.4 Å². The molecule has 0 aromatic heterocycles. The molecule has 0 radical (unpaired) electrons. The van der Waals surface area contributed by atoms with Crippen molar-refractivity contribution in [3.8, 4) is 0 Å². The maximum Gasteiger partial charge on any atom is 0.159 e. The summed E-state index contributed by atoms with van der Waals surface area (Å²) in [5.74, 6) is 0.0754. The van der Waals surface area contributed by atoms with E-state index in [1.165, 1.54) is 0 Å². The van der Waals surface area contributed by atoms with Crippen LogP contribution in [0, 0.1) is 0 Å². The first-order chi connectivity index (χ1) is 5.55. The fourth-order valence-electron chi connectivity index (χ4n) is 1.46. The van der Waals surface area contributed by atoms with E-state index in [2.05, 4.69) is 0 Å². The standard InChI is InChI=1S/C7H15NO3S/c1-2-3-8-6-4-12(10,11)5-7(6)9/h6-9H,2-5H2,1H3/p+1/t6-,7+/m0/s1. The first kappa shape index (κ1) is 9.95. The lowest BCUT2D eigenvalue weighted by Gasteiger charge is -2.09. The zero-order chi connectivity index (χ0) is 9.19. The Kier molecular flexibility index (Phi) is 3.09. The van der Waals surface area contributed by atoms with E-state index < -0.39 is 15.9 Å².